The summed E-state index contributed by atoms with van der Waals surface area (Å²) in [4.78, 5) is 26.8. The molecule has 1 aromatic carbocycles. The number of hydrogen-bond donors (Lipinski definition) is 1. The zero-order valence-electron chi connectivity index (χ0n) is 11.6. The van der Waals surface area contributed by atoms with Gasteiger partial charge >= 0.3 is 5.97 Å². The molecule has 0 radical (unpaired) electrons. The van der Waals surface area contributed by atoms with E-state index in [4.69, 9.17) is 4.74 Å². The minimum atomic E-state index is -0.649. The molecule has 0 aliphatic heterocycles. The van der Waals surface area contributed by atoms with Crippen molar-refractivity contribution in [1.29, 1.82) is 0 Å². The summed E-state index contributed by atoms with van der Waals surface area (Å²) in [6.45, 7) is -0.0595. The first kappa shape index (κ1) is 14.5. The average Bonchev–Trinajstić information content (AvgIpc) is 2.95. The van der Waals surface area contributed by atoms with E-state index in [2.05, 4.69) is 20.1 Å². The monoisotopic (exact) mass is 290 g/mol. The zero-order valence-corrected chi connectivity index (χ0v) is 11.6. The molecule has 2 aromatic rings. The van der Waals surface area contributed by atoms with E-state index in [1.807, 2.05) is 0 Å². The lowest BCUT2D eigenvalue weighted by molar-refractivity contribution is -0.116. The number of rotatable bonds is 5. The van der Waals surface area contributed by atoms with Crippen molar-refractivity contribution in [3.8, 4) is 5.75 Å². The fourth-order valence-corrected chi connectivity index (χ4v) is 1.58. The molecule has 0 aliphatic rings. The van der Waals surface area contributed by atoms with E-state index in [9.17, 15) is 9.59 Å². The number of carbonyl (C=O) groups excluding carboxylic acids is 2. The number of benzene rings is 1. The third-order valence-electron chi connectivity index (χ3n) is 2.58. The Balaban J connectivity index is 1.94. The van der Waals surface area contributed by atoms with Crippen LogP contribution in [0.5, 0.6) is 5.75 Å². The minimum Gasteiger partial charge on any atom is -0.497 e. The van der Waals surface area contributed by atoms with E-state index >= 15 is 0 Å². The summed E-state index contributed by atoms with van der Waals surface area (Å²) < 4.78 is 10.8. The summed E-state index contributed by atoms with van der Waals surface area (Å²) in [6.07, 6.45) is 1.29. The molecule has 0 unspecified atom stereocenters. The Morgan fingerprint density at radius 2 is 1.95 bits per heavy atom. The Morgan fingerprint density at radius 3 is 2.57 bits per heavy atom. The van der Waals surface area contributed by atoms with Gasteiger partial charge in [0.2, 0.25) is 5.91 Å². The van der Waals surface area contributed by atoms with Crippen molar-refractivity contribution < 1.29 is 19.1 Å². The lowest BCUT2D eigenvalue weighted by Gasteiger charge is -2.06. The number of anilines is 1. The molecule has 0 bridgehead atoms. The summed E-state index contributed by atoms with van der Waals surface area (Å²) in [6, 6.07) is 6.91. The summed E-state index contributed by atoms with van der Waals surface area (Å²) in [5, 5.41) is 6.54. The topological polar surface area (TPSA) is 95.3 Å². The van der Waals surface area contributed by atoms with E-state index in [0.29, 0.717) is 11.4 Å². The SMILES string of the molecule is COC(=O)c1ncn(CC(=O)Nc2ccc(OC)cc2)n1. The minimum absolute atomic E-state index is 0.0595. The lowest BCUT2D eigenvalue weighted by Crippen LogP contribution is -2.19. The van der Waals surface area contributed by atoms with Crippen LogP contribution >= 0.6 is 0 Å². The predicted octanol–water partition coefficient (Wildman–Crippen LogP) is 0.712. The predicted molar refractivity (Wildman–Crippen MR) is 73.0 cm³/mol. The van der Waals surface area contributed by atoms with Crippen LogP contribution in [0, 0.1) is 0 Å². The number of nitrogens with zero attached hydrogens (tertiary/aromatic N) is 3. The van der Waals surface area contributed by atoms with Gasteiger partial charge in [0.25, 0.3) is 5.82 Å². The molecular formula is C13H14N4O4. The van der Waals surface area contributed by atoms with Gasteiger partial charge in [-0.3, -0.25) is 4.79 Å². The van der Waals surface area contributed by atoms with E-state index in [0.717, 1.165) is 0 Å². The highest BCUT2D eigenvalue weighted by Gasteiger charge is 2.12. The molecule has 8 nitrogen and oxygen atoms in total. The number of hydrogen-bond acceptors (Lipinski definition) is 6. The van der Waals surface area contributed by atoms with Crippen molar-refractivity contribution in [2.75, 3.05) is 19.5 Å². The van der Waals surface area contributed by atoms with E-state index in [1.165, 1.54) is 18.1 Å². The third-order valence-corrected chi connectivity index (χ3v) is 2.58. The van der Waals surface area contributed by atoms with Gasteiger partial charge in [-0.05, 0) is 24.3 Å². The largest absolute Gasteiger partial charge is 0.497 e. The molecule has 0 aliphatic carbocycles. The second kappa shape index (κ2) is 6.51. The average molecular weight is 290 g/mol. The lowest BCUT2D eigenvalue weighted by atomic mass is 10.3. The van der Waals surface area contributed by atoms with Crippen LogP contribution in [0.2, 0.25) is 0 Å². The fourth-order valence-electron chi connectivity index (χ4n) is 1.58. The smallest absolute Gasteiger partial charge is 0.377 e. The molecule has 1 heterocycles. The highest BCUT2D eigenvalue weighted by Crippen LogP contribution is 2.14. The van der Waals surface area contributed by atoms with Crippen LogP contribution in [0.25, 0.3) is 0 Å². The van der Waals surface area contributed by atoms with Crippen molar-refractivity contribution in [3.05, 3.63) is 36.4 Å². The molecule has 0 spiro atoms. The third kappa shape index (κ3) is 3.78. The number of carbonyl (C=O) groups is 2. The molecular weight excluding hydrogens is 276 g/mol. The molecule has 0 fully saturated rings. The first-order chi connectivity index (χ1) is 10.1. The number of esters is 1. The summed E-state index contributed by atoms with van der Waals surface area (Å²) in [7, 11) is 2.80. The Kier molecular flexibility index (Phi) is 4.50. The van der Waals surface area contributed by atoms with Crippen LogP contribution in [0.4, 0.5) is 5.69 Å². The van der Waals surface area contributed by atoms with Gasteiger partial charge in [0.05, 0.1) is 14.2 Å². The Morgan fingerprint density at radius 1 is 1.24 bits per heavy atom. The molecule has 0 atom stereocenters. The van der Waals surface area contributed by atoms with Gasteiger partial charge in [-0.2, -0.15) is 0 Å². The molecule has 21 heavy (non-hydrogen) atoms. The highest BCUT2D eigenvalue weighted by atomic mass is 16.5. The standard InChI is InChI=1S/C13H14N4O4/c1-20-10-5-3-9(4-6-10)15-11(18)7-17-8-14-12(16-17)13(19)21-2/h3-6,8H,7H2,1-2H3,(H,15,18). The normalized spacial score (nSPS) is 10.0. The van der Waals surface area contributed by atoms with Gasteiger partial charge in [-0.1, -0.05) is 0 Å². The number of ether oxygens (including phenoxy) is 2. The summed E-state index contributed by atoms with van der Waals surface area (Å²) in [5.41, 5.74) is 0.633. The second-order valence-electron chi connectivity index (χ2n) is 4.03. The molecule has 1 amide bonds. The van der Waals surface area contributed by atoms with Crippen molar-refractivity contribution in [2.45, 2.75) is 6.54 Å². The molecule has 0 saturated carbocycles. The number of nitrogens with one attached hydrogen (secondary N) is 1. The first-order valence-corrected chi connectivity index (χ1v) is 6.04. The van der Waals surface area contributed by atoms with Crippen LogP contribution in [-0.2, 0) is 16.1 Å². The Labute approximate surface area is 120 Å². The molecule has 110 valence electrons. The Hall–Kier alpha value is -2.90. The maximum absolute atomic E-state index is 11.8. The van der Waals surface area contributed by atoms with Gasteiger partial charge in [-0.25, -0.2) is 14.5 Å². The molecule has 2 rings (SSSR count). The maximum atomic E-state index is 11.8. The number of amides is 1. The van der Waals surface area contributed by atoms with Crippen molar-refractivity contribution in [3.63, 3.8) is 0 Å². The van der Waals surface area contributed by atoms with Crippen LogP contribution in [0.15, 0.2) is 30.6 Å². The maximum Gasteiger partial charge on any atom is 0.377 e. The second-order valence-corrected chi connectivity index (χ2v) is 4.03. The molecule has 8 heteroatoms. The van der Waals surface area contributed by atoms with Gasteiger partial charge in [0, 0.05) is 5.69 Å². The zero-order chi connectivity index (χ0) is 15.2. The fraction of sp³-hybridized carbons (Fsp3) is 0.231. The van der Waals surface area contributed by atoms with Crippen LogP contribution in [0.1, 0.15) is 10.6 Å². The Bertz CT molecular complexity index is 636. The molecule has 1 N–H and O–H groups in total. The van der Waals surface area contributed by atoms with Crippen LogP contribution < -0.4 is 10.1 Å². The molecule has 1 aromatic heterocycles. The summed E-state index contributed by atoms with van der Waals surface area (Å²) >= 11 is 0. The summed E-state index contributed by atoms with van der Waals surface area (Å²) in [5.74, 6) is -0.326. The highest BCUT2D eigenvalue weighted by molar-refractivity contribution is 5.90. The van der Waals surface area contributed by atoms with Gasteiger partial charge in [-0.15, -0.1) is 5.10 Å². The van der Waals surface area contributed by atoms with E-state index in [-0.39, 0.29) is 18.3 Å². The first-order valence-electron chi connectivity index (χ1n) is 6.04. The van der Waals surface area contributed by atoms with Crippen LogP contribution in [-0.4, -0.2) is 40.9 Å². The van der Waals surface area contributed by atoms with Crippen molar-refractivity contribution >= 4 is 17.6 Å². The van der Waals surface area contributed by atoms with Gasteiger partial charge < -0.3 is 14.8 Å². The number of aromatic nitrogens is 3. The quantitative estimate of drug-likeness (QED) is 0.815. The van der Waals surface area contributed by atoms with E-state index < -0.39 is 5.97 Å². The van der Waals surface area contributed by atoms with Gasteiger partial charge in [0.1, 0.15) is 18.6 Å². The number of methoxy groups -OCH3 is 2. The van der Waals surface area contributed by atoms with Gasteiger partial charge in [0.15, 0.2) is 0 Å². The molecule has 0 saturated heterocycles. The van der Waals surface area contributed by atoms with Crippen molar-refractivity contribution in [2.24, 2.45) is 0 Å². The van der Waals surface area contributed by atoms with E-state index in [1.54, 1.807) is 31.4 Å². The van der Waals surface area contributed by atoms with Crippen molar-refractivity contribution in [1.82, 2.24) is 14.8 Å². The van der Waals surface area contributed by atoms with Crippen LogP contribution in [0.3, 0.4) is 0 Å².